The Hall–Kier alpha value is -5.81. The minimum Gasteiger partial charge on any atom is -0.453 e. The maximum absolute atomic E-state index is 6.81. The van der Waals surface area contributed by atoms with E-state index < -0.39 is 0 Å². The van der Waals surface area contributed by atoms with Gasteiger partial charge in [-0.25, -0.2) is 4.98 Å². The summed E-state index contributed by atoms with van der Waals surface area (Å²) in [5, 5.41) is 6.60. The zero-order valence-electron chi connectivity index (χ0n) is 22.4. The van der Waals surface area contributed by atoms with E-state index in [0.717, 1.165) is 65.6 Å². The predicted molar refractivity (Wildman–Crippen MR) is 170 cm³/mol. The maximum Gasteiger partial charge on any atom is 0.238 e. The summed E-state index contributed by atoms with van der Waals surface area (Å²) >= 11 is 0. The lowest BCUT2D eigenvalue weighted by Gasteiger charge is -2.11. The number of para-hydroxylation sites is 1. The Morgan fingerprint density at radius 3 is 1.74 bits per heavy atom. The maximum atomic E-state index is 6.81. The van der Waals surface area contributed by atoms with Gasteiger partial charge in [-0.2, -0.15) is 9.97 Å². The lowest BCUT2D eigenvalue weighted by atomic mass is 10.1. The van der Waals surface area contributed by atoms with Crippen LogP contribution in [-0.2, 0) is 0 Å². The number of nitrogens with zero attached hydrogens (tertiary/aromatic N) is 4. The number of hydrogen-bond donors (Lipinski definition) is 0. The van der Waals surface area contributed by atoms with Gasteiger partial charge in [-0.1, -0.05) is 115 Å². The van der Waals surface area contributed by atoms with Crippen LogP contribution < -0.4 is 0 Å². The number of furan rings is 1. The normalized spacial score (nSPS) is 11.8. The van der Waals surface area contributed by atoms with Gasteiger partial charge in [0.2, 0.25) is 5.95 Å². The van der Waals surface area contributed by atoms with Crippen molar-refractivity contribution in [1.82, 2.24) is 19.5 Å². The van der Waals surface area contributed by atoms with Crippen LogP contribution in [0.3, 0.4) is 0 Å². The van der Waals surface area contributed by atoms with E-state index >= 15 is 0 Å². The van der Waals surface area contributed by atoms with Crippen molar-refractivity contribution in [2.45, 2.75) is 0 Å². The first kappa shape index (κ1) is 22.9. The van der Waals surface area contributed by atoms with Crippen LogP contribution in [0.2, 0.25) is 0 Å². The van der Waals surface area contributed by atoms with Crippen LogP contribution >= 0.6 is 0 Å². The lowest BCUT2D eigenvalue weighted by molar-refractivity contribution is 0.674. The third-order valence-corrected chi connectivity index (χ3v) is 8.05. The molecule has 0 aliphatic heterocycles. The van der Waals surface area contributed by atoms with Gasteiger partial charge in [0.1, 0.15) is 11.1 Å². The van der Waals surface area contributed by atoms with Crippen LogP contribution in [0.5, 0.6) is 0 Å². The van der Waals surface area contributed by atoms with Gasteiger partial charge < -0.3 is 4.42 Å². The first-order valence-electron chi connectivity index (χ1n) is 14.0. The summed E-state index contributed by atoms with van der Waals surface area (Å²) in [4.78, 5) is 15.1. The molecule has 0 aliphatic carbocycles. The van der Waals surface area contributed by atoms with Gasteiger partial charge in [-0.15, -0.1) is 0 Å². The van der Waals surface area contributed by atoms with Crippen molar-refractivity contribution in [1.29, 1.82) is 0 Å². The summed E-state index contributed by atoms with van der Waals surface area (Å²) in [7, 11) is 0. The molecule has 0 saturated carbocycles. The molecule has 9 rings (SSSR count). The van der Waals surface area contributed by atoms with Crippen LogP contribution in [0, 0.1) is 0 Å². The van der Waals surface area contributed by atoms with E-state index in [1.807, 2.05) is 60.7 Å². The standard InChI is InChI=1S/C37H22N4O/c1-3-12-24(13-4-1)35-38-36(25-14-5-2-6-15-25)40-37(39-35)41-31-18-10-9-17-27(31)28-21-22-30-29-20-19-23-11-7-8-16-26(23)33(29)42-34(30)32(28)41/h1-22H. The van der Waals surface area contributed by atoms with E-state index in [1.54, 1.807) is 0 Å². The lowest BCUT2D eigenvalue weighted by Crippen LogP contribution is -2.06. The molecule has 5 nitrogen and oxygen atoms in total. The van der Waals surface area contributed by atoms with Gasteiger partial charge in [0.25, 0.3) is 0 Å². The highest BCUT2D eigenvalue weighted by atomic mass is 16.3. The third-order valence-electron chi connectivity index (χ3n) is 8.05. The fourth-order valence-corrected chi connectivity index (χ4v) is 6.11. The molecule has 6 aromatic carbocycles. The van der Waals surface area contributed by atoms with E-state index in [-0.39, 0.29) is 0 Å². The number of fused-ring (bicyclic) bond motifs is 9. The number of hydrogen-bond acceptors (Lipinski definition) is 4. The third kappa shape index (κ3) is 3.34. The van der Waals surface area contributed by atoms with Gasteiger partial charge in [-0.3, -0.25) is 4.57 Å². The molecule has 0 fully saturated rings. The van der Waals surface area contributed by atoms with Gasteiger partial charge in [-0.05, 0) is 23.6 Å². The van der Waals surface area contributed by atoms with Gasteiger partial charge in [0.15, 0.2) is 17.2 Å². The van der Waals surface area contributed by atoms with Crippen molar-refractivity contribution in [2.75, 3.05) is 0 Å². The van der Waals surface area contributed by atoms with Crippen LogP contribution in [0.25, 0.3) is 83.2 Å². The first-order valence-corrected chi connectivity index (χ1v) is 14.0. The molecule has 3 aromatic heterocycles. The largest absolute Gasteiger partial charge is 0.453 e. The zero-order chi connectivity index (χ0) is 27.6. The molecule has 42 heavy (non-hydrogen) atoms. The first-order chi connectivity index (χ1) is 20.8. The second-order valence-corrected chi connectivity index (χ2v) is 10.5. The topological polar surface area (TPSA) is 56.7 Å². The fraction of sp³-hybridized carbons (Fsp3) is 0. The zero-order valence-corrected chi connectivity index (χ0v) is 22.4. The van der Waals surface area contributed by atoms with Crippen molar-refractivity contribution in [3.8, 4) is 28.7 Å². The molecule has 0 amide bonds. The van der Waals surface area contributed by atoms with E-state index in [2.05, 4.69) is 77.4 Å². The molecule has 0 saturated heterocycles. The fourth-order valence-electron chi connectivity index (χ4n) is 6.11. The summed E-state index contributed by atoms with van der Waals surface area (Å²) < 4.78 is 8.95. The molecule has 0 spiro atoms. The van der Waals surface area contributed by atoms with Crippen molar-refractivity contribution in [2.24, 2.45) is 0 Å². The molecule has 5 heteroatoms. The van der Waals surface area contributed by atoms with E-state index in [0.29, 0.717) is 17.6 Å². The number of aromatic nitrogens is 4. The molecule has 0 bridgehead atoms. The molecule has 0 radical (unpaired) electrons. The molecule has 3 heterocycles. The monoisotopic (exact) mass is 538 g/mol. The van der Waals surface area contributed by atoms with Gasteiger partial charge >= 0.3 is 0 Å². The second-order valence-electron chi connectivity index (χ2n) is 10.5. The average Bonchev–Trinajstić information content (AvgIpc) is 3.62. The highest BCUT2D eigenvalue weighted by molar-refractivity contribution is 6.23. The Morgan fingerprint density at radius 1 is 0.429 bits per heavy atom. The smallest absolute Gasteiger partial charge is 0.238 e. The summed E-state index contributed by atoms with van der Waals surface area (Å²) in [6.07, 6.45) is 0. The average molecular weight is 539 g/mol. The summed E-state index contributed by atoms with van der Waals surface area (Å²) in [6, 6.07) is 45.6. The summed E-state index contributed by atoms with van der Waals surface area (Å²) in [5.74, 6) is 1.79. The minimum atomic E-state index is 0.548. The molecule has 9 aromatic rings. The predicted octanol–water partition coefficient (Wildman–Crippen LogP) is 9.36. The Kier molecular flexibility index (Phi) is 4.83. The van der Waals surface area contributed by atoms with E-state index in [4.69, 9.17) is 19.4 Å². The van der Waals surface area contributed by atoms with Crippen LogP contribution in [0.1, 0.15) is 0 Å². The summed E-state index contributed by atoms with van der Waals surface area (Å²) in [5.41, 5.74) is 5.52. The molecular weight excluding hydrogens is 516 g/mol. The van der Waals surface area contributed by atoms with Crippen molar-refractivity contribution < 1.29 is 4.42 Å². The molecule has 196 valence electrons. The number of rotatable bonds is 3. The Bertz CT molecular complexity index is 2400. The van der Waals surface area contributed by atoms with Crippen molar-refractivity contribution in [3.63, 3.8) is 0 Å². The van der Waals surface area contributed by atoms with Gasteiger partial charge in [0.05, 0.1) is 5.52 Å². The Balaban J connectivity index is 1.44. The second kappa shape index (κ2) is 8.85. The molecular formula is C37H22N4O. The highest BCUT2D eigenvalue weighted by Gasteiger charge is 2.22. The Labute approximate surface area is 240 Å². The minimum absolute atomic E-state index is 0.548. The van der Waals surface area contributed by atoms with Gasteiger partial charge in [0, 0.05) is 38.1 Å². The molecule has 0 atom stereocenters. The quantitative estimate of drug-likeness (QED) is 0.225. The molecule has 0 N–H and O–H groups in total. The number of benzene rings is 6. The SMILES string of the molecule is c1ccc(-c2nc(-c3ccccc3)nc(-n3c4ccccc4c4ccc5c6ccc7ccccc7c6oc5c43)n2)cc1. The summed E-state index contributed by atoms with van der Waals surface area (Å²) in [6.45, 7) is 0. The molecule has 0 unspecified atom stereocenters. The van der Waals surface area contributed by atoms with Crippen LogP contribution in [0.15, 0.2) is 138 Å². The van der Waals surface area contributed by atoms with Crippen LogP contribution in [-0.4, -0.2) is 19.5 Å². The van der Waals surface area contributed by atoms with E-state index in [1.165, 1.54) is 0 Å². The van der Waals surface area contributed by atoms with Crippen LogP contribution in [0.4, 0.5) is 0 Å². The Morgan fingerprint density at radius 2 is 1.00 bits per heavy atom. The van der Waals surface area contributed by atoms with Crippen molar-refractivity contribution >= 4 is 54.5 Å². The van der Waals surface area contributed by atoms with Crippen molar-refractivity contribution in [3.05, 3.63) is 133 Å². The van der Waals surface area contributed by atoms with E-state index in [9.17, 15) is 0 Å². The highest BCUT2D eigenvalue weighted by Crippen LogP contribution is 2.41. The molecule has 0 aliphatic rings.